The molecule has 8 nitrogen and oxygen atoms in total. The summed E-state index contributed by atoms with van der Waals surface area (Å²) in [6.45, 7) is 12.2. The molecule has 0 saturated carbocycles. The fraction of sp³-hybridized carbons (Fsp3) is 0.500. The first-order valence-corrected chi connectivity index (χ1v) is 13.2. The van der Waals surface area contributed by atoms with Crippen molar-refractivity contribution < 1.29 is 9.59 Å². The van der Waals surface area contributed by atoms with Crippen LogP contribution in [0.1, 0.15) is 30.4 Å². The van der Waals surface area contributed by atoms with Gasteiger partial charge in [0.2, 0.25) is 5.91 Å². The molecular formula is C28H38N6O2. The third-order valence-electron chi connectivity index (χ3n) is 7.96. The van der Waals surface area contributed by atoms with E-state index in [4.69, 9.17) is 5.73 Å². The van der Waals surface area contributed by atoms with E-state index >= 15 is 0 Å². The highest BCUT2D eigenvalue weighted by molar-refractivity contribution is 6.06. The Morgan fingerprint density at radius 1 is 0.833 bits per heavy atom. The third kappa shape index (κ3) is 5.28. The first-order valence-electron chi connectivity index (χ1n) is 13.2. The number of nitrogens with two attached hydrogens (primary N) is 1. The van der Waals surface area contributed by atoms with Crippen LogP contribution >= 0.6 is 0 Å². The number of aryl methyl sites for hydroxylation is 2. The van der Waals surface area contributed by atoms with E-state index in [9.17, 15) is 9.59 Å². The number of urea groups is 1. The lowest BCUT2D eigenvalue weighted by Crippen LogP contribution is -2.50. The highest BCUT2D eigenvalue weighted by Gasteiger charge is 2.27. The van der Waals surface area contributed by atoms with Crippen LogP contribution in [-0.4, -0.2) is 69.2 Å². The number of nitrogens with zero attached hydrogens (tertiary/aromatic N) is 4. The molecule has 0 aromatic heterocycles. The number of piperidine rings is 1. The molecule has 0 aliphatic carbocycles. The van der Waals surface area contributed by atoms with Crippen LogP contribution < -0.4 is 25.8 Å². The number of carbonyl (C=O) groups excluding carboxylic acids is 2. The van der Waals surface area contributed by atoms with Crippen molar-refractivity contribution in [2.24, 2.45) is 5.92 Å². The molecule has 3 fully saturated rings. The van der Waals surface area contributed by atoms with Gasteiger partial charge in [0.1, 0.15) is 0 Å². The summed E-state index contributed by atoms with van der Waals surface area (Å²) in [7, 11) is 0. The summed E-state index contributed by atoms with van der Waals surface area (Å²) in [5, 5.41) is 2.41. The van der Waals surface area contributed by atoms with Crippen molar-refractivity contribution in [1.82, 2.24) is 10.2 Å². The predicted molar refractivity (Wildman–Crippen MR) is 146 cm³/mol. The molecule has 3 N–H and O–H groups in total. The second-order valence-corrected chi connectivity index (χ2v) is 10.5. The third-order valence-corrected chi connectivity index (χ3v) is 7.96. The maximum Gasteiger partial charge on any atom is 0.328 e. The Morgan fingerprint density at radius 3 is 2.19 bits per heavy atom. The number of imide groups is 1. The molecule has 3 heterocycles. The molecule has 5 rings (SSSR count). The number of carbonyl (C=O) groups is 2. The summed E-state index contributed by atoms with van der Waals surface area (Å²) in [5.41, 5.74) is 12.5. The Hall–Kier alpha value is -3.26. The van der Waals surface area contributed by atoms with Crippen molar-refractivity contribution in [3.05, 3.63) is 47.5 Å². The molecule has 0 spiro atoms. The normalized spacial score (nSPS) is 20.1. The van der Waals surface area contributed by atoms with Crippen molar-refractivity contribution >= 4 is 34.7 Å². The van der Waals surface area contributed by atoms with Crippen molar-refractivity contribution in [3.8, 4) is 0 Å². The number of rotatable bonds is 5. The molecule has 36 heavy (non-hydrogen) atoms. The fourth-order valence-corrected chi connectivity index (χ4v) is 5.88. The highest BCUT2D eigenvalue weighted by atomic mass is 16.2. The lowest BCUT2D eigenvalue weighted by atomic mass is 9.95. The smallest absolute Gasteiger partial charge is 0.328 e. The van der Waals surface area contributed by atoms with Gasteiger partial charge in [-0.3, -0.25) is 19.9 Å². The van der Waals surface area contributed by atoms with Gasteiger partial charge >= 0.3 is 6.03 Å². The number of hydrogen-bond donors (Lipinski definition) is 2. The van der Waals surface area contributed by atoms with Gasteiger partial charge in [-0.1, -0.05) is 0 Å². The van der Waals surface area contributed by atoms with E-state index in [1.165, 1.54) is 36.3 Å². The molecule has 2 aromatic carbocycles. The van der Waals surface area contributed by atoms with Gasteiger partial charge < -0.3 is 15.5 Å². The maximum absolute atomic E-state index is 12.2. The number of anilines is 4. The van der Waals surface area contributed by atoms with E-state index in [-0.39, 0.29) is 11.9 Å². The zero-order valence-electron chi connectivity index (χ0n) is 21.5. The lowest BCUT2D eigenvalue weighted by molar-refractivity contribution is -0.120. The summed E-state index contributed by atoms with van der Waals surface area (Å²) < 4.78 is 0. The number of benzene rings is 2. The van der Waals surface area contributed by atoms with Crippen LogP contribution in [0.3, 0.4) is 0 Å². The van der Waals surface area contributed by atoms with Crippen LogP contribution in [0.25, 0.3) is 0 Å². The summed E-state index contributed by atoms with van der Waals surface area (Å²) in [6.07, 6.45) is 2.82. The molecular weight excluding hydrogens is 452 g/mol. The molecule has 0 unspecified atom stereocenters. The van der Waals surface area contributed by atoms with Gasteiger partial charge in [-0.05, 0) is 80.1 Å². The van der Waals surface area contributed by atoms with Crippen LogP contribution in [0.5, 0.6) is 0 Å². The number of hydrogen-bond acceptors (Lipinski definition) is 6. The monoisotopic (exact) mass is 490 g/mol. The first-order chi connectivity index (χ1) is 17.4. The van der Waals surface area contributed by atoms with Gasteiger partial charge in [0.25, 0.3) is 0 Å². The SMILES string of the molecule is Cc1cc(N)ccc1N1CCC(CN2CCN(c3ccc(N4CCC(=O)NC4=O)c(C)c3)CC2)CC1. The summed E-state index contributed by atoms with van der Waals surface area (Å²) in [5.74, 6) is 0.553. The number of nitrogens with one attached hydrogen (secondary N) is 1. The van der Waals surface area contributed by atoms with Gasteiger partial charge in [-0.15, -0.1) is 0 Å². The Morgan fingerprint density at radius 2 is 1.53 bits per heavy atom. The number of nitrogen functional groups attached to an aromatic ring is 1. The molecule has 0 radical (unpaired) electrons. The Labute approximate surface area is 214 Å². The zero-order valence-corrected chi connectivity index (χ0v) is 21.5. The minimum Gasteiger partial charge on any atom is -0.399 e. The fourth-order valence-electron chi connectivity index (χ4n) is 5.88. The Kier molecular flexibility index (Phi) is 7.05. The lowest BCUT2D eigenvalue weighted by Gasteiger charge is -2.40. The topological polar surface area (TPSA) is 85.2 Å². The summed E-state index contributed by atoms with van der Waals surface area (Å²) >= 11 is 0. The summed E-state index contributed by atoms with van der Waals surface area (Å²) in [6, 6.07) is 12.2. The molecule has 8 heteroatoms. The van der Waals surface area contributed by atoms with Gasteiger partial charge in [-0.25, -0.2) is 4.79 Å². The molecule has 0 bridgehead atoms. The van der Waals surface area contributed by atoms with E-state index in [1.807, 2.05) is 19.1 Å². The average Bonchev–Trinajstić information content (AvgIpc) is 2.86. The van der Waals surface area contributed by atoms with Gasteiger partial charge in [-0.2, -0.15) is 0 Å². The molecule has 2 aromatic rings. The van der Waals surface area contributed by atoms with Gasteiger partial charge in [0.15, 0.2) is 0 Å². The largest absolute Gasteiger partial charge is 0.399 e. The standard InChI is InChI=1S/C28H38N6O2/c1-20-17-23(29)3-5-25(20)33-10-7-22(8-11-33)19-31-13-15-32(16-14-31)24-4-6-26(21(2)18-24)34-12-9-27(35)30-28(34)36/h3-6,17-18,22H,7-16,19,29H2,1-2H3,(H,30,35,36). The molecule has 3 amide bonds. The zero-order chi connectivity index (χ0) is 25.2. The van der Waals surface area contributed by atoms with Crippen LogP contribution in [-0.2, 0) is 4.79 Å². The Balaban J connectivity index is 1.10. The van der Waals surface area contributed by atoms with Crippen LogP contribution in [0, 0.1) is 19.8 Å². The quantitative estimate of drug-likeness (QED) is 0.625. The predicted octanol–water partition coefficient (Wildman–Crippen LogP) is 3.37. The minimum atomic E-state index is -0.329. The van der Waals surface area contributed by atoms with E-state index < -0.39 is 0 Å². The second-order valence-electron chi connectivity index (χ2n) is 10.5. The average molecular weight is 491 g/mol. The van der Waals surface area contributed by atoms with E-state index in [1.54, 1.807) is 4.90 Å². The van der Waals surface area contributed by atoms with Crippen molar-refractivity contribution in [3.63, 3.8) is 0 Å². The second kappa shape index (κ2) is 10.4. The molecule has 3 saturated heterocycles. The maximum atomic E-state index is 12.2. The highest BCUT2D eigenvalue weighted by Crippen LogP contribution is 2.30. The summed E-state index contributed by atoms with van der Waals surface area (Å²) in [4.78, 5) is 33.0. The van der Waals surface area contributed by atoms with Crippen LogP contribution in [0.15, 0.2) is 36.4 Å². The van der Waals surface area contributed by atoms with Crippen molar-refractivity contribution in [2.45, 2.75) is 33.1 Å². The molecule has 192 valence electrons. The van der Waals surface area contributed by atoms with Gasteiger partial charge in [0.05, 0.1) is 0 Å². The van der Waals surface area contributed by atoms with E-state index in [0.717, 1.165) is 62.1 Å². The van der Waals surface area contributed by atoms with E-state index in [0.29, 0.717) is 13.0 Å². The number of amides is 3. The number of piperazine rings is 1. The van der Waals surface area contributed by atoms with Crippen molar-refractivity contribution in [1.29, 1.82) is 0 Å². The Bertz CT molecular complexity index is 1120. The minimum absolute atomic E-state index is 0.203. The van der Waals surface area contributed by atoms with Crippen LogP contribution in [0.2, 0.25) is 0 Å². The first kappa shape index (κ1) is 24.4. The van der Waals surface area contributed by atoms with Crippen molar-refractivity contribution in [2.75, 3.05) is 72.8 Å². The van der Waals surface area contributed by atoms with E-state index in [2.05, 4.69) is 51.2 Å². The molecule has 3 aliphatic rings. The molecule has 3 aliphatic heterocycles. The van der Waals surface area contributed by atoms with Gasteiger partial charge in [0, 0.05) is 81.5 Å². The molecule has 0 atom stereocenters. The van der Waals surface area contributed by atoms with Crippen LogP contribution in [0.4, 0.5) is 27.5 Å².